The van der Waals surface area contributed by atoms with E-state index < -0.39 is 7.87 Å². The van der Waals surface area contributed by atoms with Crippen molar-refractivity contribution in [2.24, 2.45) is 0 Å². The second-order valence-corrected chi connectivity index (χ2v) is 7.40. The van der Waals surface area contributed by atoms with Crippen LogP contribution < -0.4 is 0 Å². The maximum Gasteiger partial charge on any atom is 0.370 e. The van der Waals surface area contributed by atoms with Crippen molar-refractivity contribution in [3.05, 3.63) is 0 Å². The predicted molar refractivity (Wildman–Crippen MR) is 70.9 cm³/mol. The molecule has 2 unspecified atom stereocenters. The molecule has 2 radical (unpaired) electrons. The maximum atomic E-state index is 5.98. The van der Waals surface area contributed by atoms with E-state index in [2.05, 4.69) is 6.92 Å². The van der Waals surface area contributed by atoms with Crippen LogP contribution in [0.4, 0.5) is 0 Å². The Morgan fingerprint density at radius 3 is 2.59 bits per heavy atom. The zero-order chi connectivity index (χ0) is 13.1. The van der Waals surface area contributed by atoms with Gasteiger partial charge in [0.05, 0.1) is 19.8 Å². The van der Waals surface area contributed by atoms with Gasteiger partial charge in [0.2, 0.25) is 0 Å². The average molecular weight is 261 g/mol. The van der Waals surface area contributed by atoms with Gasteiger partial charge in [0.1, 0.15) is 14.5 Å². The van der Waals surface area contributed by atoms with Gasteiger partial charge in [-0.15, -0.1) is 9.73 Å². The molecule has 3 atom stereocenters. The molecule has 5 nitrogen and oxygen atoms in total. The Balaban J connectivity index is 2.60. The summed E-state index contributed by atoms with van der Waals surface area (Å²) in [6.45, 7) is 5.37. The molecule has 17 heavy (non-hydrogen) atoms. The first kappa shape index (κ1) is 15.4. The summed E-state index contributed by atoms with van der Waals surface area (Å²) in [6, 6.07) is -0.291. The summed E-state index contributed by atoms with van der Waals surface area (Å²) in [4.78, 5) is 0. The number of ether oxygens (including phenoxy) is 1. The largest absolute Gasteiger partial charge is 0.382 e. The van der Waals surface area contributed by atoms with E-state index in [4.69, 9.17) is 21.7 Å². The topological polar surface area (TPSA) is 34.2 Å². The van der Waals surface area contributed by atoms with Crippen molar-refractivity contribution in [1.82, 2.24) is 9.73 Å². The van der Waals surface area contributed by atoms with Gasteiger partial charge in [-0.1, -0.05) is 11.5 Å². The van der Waals surface area contributed by atoms with E-state index >= 15 is 0 Å². The fourth-order valence-corrected chi connectivity index (χ4v) is 2.71. The first-order chi connectivity index (χ1) is 7.91. The molecule has 1 aliphatic heterocycles. The lowest BCUT2D eigenvalue weighted by atomic mass is 9.98. The average Bonchev–Trinajstić information content (AvgIpc) is 2.27. The molecule has 1 fully saturated rings. The van der Waals surface area contributed by atoms with Gasteiger partial charge in [-0.2, -0.15) is 4.52 Å². The standard InChI is InChI=1S/C10H23BN2O3P/c1-6-9-7-13(8-10(11)15-9)16-17(5,14-4)12(2)3/h9-10H,6-8H2,1-5H3/q+1/t9?,10-,17?/m1/s1. The molecule has 1 aliphatic rings. The van der Waals surface area contributed by atoms with Crippen molar-refractivity contribution in [1.29, 1.82) is 0 Å². The van der Waals surface area contributed by atoms with Crippen molar-refractivity contribution >= 4 is 15.7 Å². The summed E-state index contributed by atoms with van der Waals surface area (Å²) in [7, 11) is 9.41. The Labute approximate surface area is 106 Å². The molecule has 1 rings (SSSR count). The van der Waals surface area contributed by atoms with Crippen LogP contribution in [-0.4, -0.2) is 70.6 Å². The highest BCUT2D eigenvalue weighted by Crippen LogP contribution is 2.59. The van der Waals surface area contributed by atoms with Crippen molar-refractivity contribution in [2.75, 3.05) is 41.0 Å². The number of hydrogen-bond acceptors (Lipinski definition) is 5. The van der Waals surface area contributed by atoms with E-state index in [0.717, 1.165) is 13.0 Å². The lowest BCUT2D eigenvalue weighted by Crippen LogP contribution is -2.48. The Bertz CT molecular complexity index is 248. The van der Waals surface area contributed by atoms with Gasteiger partial charge < -0.3 is 4.74 Å². The minimum atomic E-state index is -2.01. The number of rotatable bonds is 5. The summed E-state index contributed by atoms with van der Waals surface area (Å²) in [5, 5.41) is 1.87. The van der Waals surface area contributed by atoms with Crippen molar-refractivity contribution in [3.63, 3.8) is 0 Å². The van der Waals surface area contributed by atoms with Crippen LogP contribution in [0.2, 0.25) is 0 Å². The summed E-state index contributed by atoms with van der Waals surface area (Å²) >= 11 is 0. The molecule has 1 heterocycles. The number of hydroxylamine groups is 2. The van der Waals surface area contributed by atoms with Gasteiger partial charge in [-0.05, 0) is 6.42 Å². The minimum Gasteiger partial charge on any atom is -0.382 e. The maximum absolute atomic E-state index is 5.98. The van der Waals surface area contributed by atoms with Gasteiger partial charge >= 0.3 is 7.87 Å². The lowest BCUT2D eigenvalue weighted by Gasteiger charge is -2.37. The van der Waals surface area contributed by atoms with Crippen LogP contribution in [0.25, 0.3) is 0 Å². The fraction of sp³-hybridized carbons (Fsp3) is 1.00. The second kappa shape index (κ2) is 6.46. The molecule has 1 saturated heterocycles. The molecule has 0 saturated carbocycles. The number of nitrogens with zero attached hydrogens (tertiary/aromatic N) is 2. The Kier molecular flexibility index (Phi) is 5.83. The van der Waals surface area contributed by atoms with Gasteiger partial charge in [-0.25, -0.2) is 0 Å². The van der Waals surface area contributed by atoms with Gasteiger partial charge in [0, 0.05) is 26.6 Å². The Morgan fingerprint density at radius 2 is 2.12 bits per heavy atom. The van der Waals surface area contributed by atoms with Crippen molar-refractivity contribution in [2.45, 2.75) is 25.5 Å². The van der Waals surface area contributed by atoms with E-state index in [1.54, 1.807) is 7.11 Å². The van der Waals surface area contributed by atoms with Crippen LogP contribution in [0.5, 0.6) is 0 Å². The summed E-state index contributed by atoms with van der Waals surface area (Å²) in [5.41, 5.74) is 0. The lowest BCUT2D eigenvalue weighted by molar-refractivity contribution is -0.165. The zero-order valence-electron chi connectivity index (χ0n) is 11.4. The highest BCUT2D eigenvalue weighted by atomic mass is 31.2. The van der Waals surface area contributed by atoms with Crippen LogP contribution in [0, 0.1) is 0 Å². The van der Waals surface area contributed by atoms with Crippen LogP contribution in [0.15, 0.2) is 0 Å². The van der Waals surface area contributed by atoms with Crippen molar-refractivity contribution < 1.29 is 13.9 Å². The first-order valence-corrected chi connectivity index (χ1v) is 7.89. The molecule has 0 aromatic carbocycles. The number of hydrogen-bond donors (Lipinski definition) is 0. The predicted octanol–water partition coefficient (Wildman–Crippen LogP) is 1.12. The highest BCUT2D eigenvalue weighted by molar-refractivity contribution is 7.63. The molecule has 98 valence electrons. The van der Waals surface area contributed by atoms with Crippen LogP contribution >= 0.6 is 7.87 Å². The van der Waals surface area contributed by atoms with E-state index in [0.29, 0.717) is 6.54 Å². The molecular weight excluding hydrogens is 238 g/mol. The minimum absolute atomic E-state index is 0.131. The Hall–Kier alpha value is 0.295. The van der Waals surface area contributed by atoms with Crippen LogP contribution in [0.1, 0.15) is 13.3 Å². The molecule has 0 amide bonds. The summed E-state index contributed by atoms with van der Waals surface area (Å²) in [6.07, 6.45) is 1.06. The molecule has 0 spiro atoms. The number of morpholine rings is 1. The molecule has 0 aliphatic carbocycles. The quantitative estimate of drug-likeness (QED) is 0.547. The third kappa shape index (κ3) is 4.16. The SMILES string of the molecule is [B][C@H]1CN(O[P+](C)(OC)N(C)C)CC(CC)O1. The van der Waals surface area contributed by atoms with E-state index in [-0.39, 0.29) is 12.1 Å². The molecular formula is C10H23BN2O3P+. The molecule has 0 aromatic heterocycles. The summed E-state index contributed by atoms with van der Waals surface area (Å²) < 4.78 is 19.0. The monoisotopic (exact) mass is 261 g/mol. The van der Waals surface area contributed by atoms with E-state index in [1.807, 2.05) is 30.5 Å². The first-order valence-electron chi connectivity index (χ1n) is 5.87. The smallest absolute Gasteiger partial charge is 0.370 e. The molecule has 0 N–H and O–H groups in total. The van der Waals surface area contributed by atoms with Crippen LogP contribution in [0.3, 0.4) is 0 Å². The van der Waals surface area contributed by atoms with Gasteiger partial charge in [0.25, 0.3) is 0 Å². The highest BCUT2D eigenvalue weighted by Gasteiger charge is 2.43. The second-order valence-electron chi connectivity index (χ2n) is 4.47. The van der Waals surface area contributed by atoms with Crippen LogP contribution in [-0.2, 0) is 13.9 Å². The van der Waals surface area contributed by atoms with E-state index in [9.17, 15) is 0 Å². The third-order valence-electron chi connectivity index (χ3n) is 2.95. The third-order valence-corrected chi connectivity index (χ3v) is 5.61. The normalized spacial score (nSPS) is 30.5. The molecule has 0 bridgehead atoms. The molecule has 0 aromatic rings. The zero-order valence-corrected chi connectivity index (χ0v) is 12.3. The van der Waals surface area contributed by atoms with Gasteiger partial charge in [-0.3, -0.25) is 0 Å². The Morgan fingerprint density at radius 1 is 1.47 bits per heavy atom. The molecule has 7 heteroatoms. The van der Waals surface area contributed by atoms with Crippen molar-refractivity contribution in [3.8, 4) is 0 Å². The fourth-order valence-electron chi connectivity index (χ4n) is 1.61. The van der Waals surface area contributed by atoms with E-state index in [1.165, 1.54) is 0 Å². The summed E-state index contributed by atoms with van der Waals surface area (Å²) in [5.74, 6) is 0. The van der Waals surface area contributed by atoms with Gasteiger partial charge in [0.15, 0.2) is 0 Å².